The molecular formula is C15H24N4S2. The third-order valence-electron chi connectivity index (χ3n) is 3.13. The number of thiophene rings is 1. The molecule has 2 aromatic rings. The first kappa shape index (κ1) is 16.4. The Balaban J connectivity index is 2.19. The summed E-state index contributed by atoms with van der Waals surface area (Å²) in [5.41, 5.74) is 0. The van der Waals surface area contributed by atoms with Gasteiger partial charge in [0.15, 0.2) is 0 Å². The first-order valence-corrected chi connectivity index (χ1v) is 9.47. The van der Waals surface area contributed by atoms with E-state index in [0.717, 1.165) is 29.0 Å². The van der Waals surface area contributed by atoms with Crippen LogP contribution in [0.25, 0.3) is 10.2 Å². The number of hydrogen-bond donors (Lipinski definition) is 2. The maximum absolute atomic E-state index is 4.64. The number of aryl methyl sites for hydroxylation is 1. The third kappa shape index (κ3) is 4.48. The highest BCUT2D eigenvalue weighted by molar-refractivity contribution is 7.99. The van der Waals surface area contributed by atoms with E-state index in [4.69, 9.17) is 0 Å². The molecule has 0 bridgehead atoms. The van der Waals surface area contributed by atoms with E-state index in [0.29, 0.717) is 12.0 Å². The molecule has 0 aliphatic rings. The van der Waals surface area contributed by atoms with Crippen molar-refractivity contribution in [2.45, 2.75) is 40.2 Å². The molecule has 0 amide bonds. The van der Waals surface area contributed by atoms with Crippen molar-refractivity contribution < 1.29 is 0 Å². The van der Waals surface area contributed by atoms with Gasteiger partial charge >= 0.3 is 0 Å². The lowest BCUT2D eigenvalue weighted by molar-refractivity contribution is 0.768. The van der Waals surface area contributed by atoms with Gasteiger partial charge in [0.05, 0.1) is 5.39 Å². The van der Waals surface area contributed by atoms with Crippen LogP contribution in [0.4, 0.5) is 11.8 Å². The summed E-state index contributed by atoms with van der Waals surface area (Å²) in [6, 6.07) is 2.59. The Labute approximate surface area is 135 Å². The van der Waals surface area contributed by atoms with E-state index in [2.05, 4.69) is 54.4 Å². The summed E-state index contributed by atoms with van der Waals surface area (Å²) >= 11 is 3.70. The van der Waals surface area contributed by atoms with Crippen molar-refractivity contribution in [3.8, 4) is 0 Å². The van der Waals surface area contributed by atoms with Gasteiger partial charge < -0.3 is 10.6 Å². The fourth-order valence-corrected chi connectivity index (χ4v) is 3.79. The molecule has 1 atom stereocenters. The number of anilines is 2. The normalized spacial score (nSPS) is 12.6. The van der Waals surface area contributed by atoms with Gasteiger partial charge in [-0.25, -0.2) is 4.98 Å². The highest BCUT2D eigenvalue weighted by Crippen LogP contribution is 2.30. The number of fused-ring (bicyclic) bond motifs is 1. The lowest BCUT2D eigenvalue weighted by Gasteiger charge is -2.15. The summed E-state index contributed by atoms with van der Waals surface area (Å²) < 4.78 is 0. The number of nitrogens with one attached hydrogen (secondary N) is 2. The lowest BCUT2D eigenvalue weighted by Crippen LogP contribution is -2.18. The summed E-state index contributed by atoms with van der Waals surface area (Å²) in [7, 11) is 0. The van der Waals surface area contributed by atoms with Crippen molar-refractivity contribution in [3.05, 3.63) is 10.9 Å². The van der Waals surface area contributed by atoms with Crippen LogP contribution in [0.2, 0.25) is 0 Å². The van der Waals surface area contributed by atoms with E-state index < -0.39 is 0 Å². The Morgan fingerprint density at radius 2 is 2.14 bits per heavy atom. The second-order valence-corrected chi connectivity index (χ2v) is 7.66. The average molecular weight is 325 g/mol. The predicted molar refractivity (Wildman–Crippen MR) is 97.0 cm³/mol. The van der Waals surface area contributed by atoms with Crippen LogP contribution in [-0.4, -0.2) is 34.1 Å². The van der Waals surface area contributed by atoms with Crippen molar-refractivity contribution in [3.63, 3.8) is 0 Å². The largest absolute Gasteiger partial charge is 0.367 e. The van der Waals surface area contributed by atoms with Gasteiger partial charge in [0, 0.05) is 17.5 Å². The Bertz CT molecular complexity index is 582. The van der Waals surface area contributed by atoms with Gasteiger partial charge in [0.2, 0.25) is 5.95 Å². The average Bonchev–Trinajstić information content (AvgIpc) is 2.80. The highest BCUT2D eigenvalue weighted by atomic mass is 32.2. The zero-order valence-corrected chi connectivity index (χ0v) is 14.8. The van der Waals surface area contributed by atoms with Crippen LogP contribution in [0.1, 0.15) is 32.1 Å². The molecule has 116 valence electrons. The maximum atomic E-state index is 4.64. The third-order valence-corrected chi connectivity index (χ3v) is 5.01. The van der Waals surface area contributed by atoms with E-state index in [-0.39, 0.29) is 0 Å². The monoisotopic (exact) mass is 324 g/mol. The van der Waals surface area contributed by atoms with Gasteiger partial charge in [-0.1, -0.05) is 6.92 Å². The number of nitrogens with zero attached hydrogens (tertiary/aromatic N) is 2. The molecule has 4 nitrogen and oxygen atoms in total. The first-order chi connectivity index (χ1) is 10.1. The van der Waals surface area contributed by atoms with Crippen LogP contribution in [0.5, 0.6) is 0 Å². The van der Waals surface area contributed by atoms with Crippen molar-refractivity contribution >= 4 is 45.1 Å². The van der Waals surface area contributed by atoms with Gasteiger partial charge in [-0.3, -0.25) is 0 Å². The van der Waals surface area contributed by atoms with Crippen molar-refractivity contribution in [2.75, 3.05) is 28.7 Å². The van der Waals surface area contributed by atoms with Gasteiger partial charge in [-0.15, -0.1) is 11.3 Å². The minimum Gasteiger partial charge on any atom is -0.367 e. The molecule has 0 aromatic carbocycles. The van der Waals surface area contributed by atoms with Crippen molar-refractivity contribution in [1.29, 1.82) is 0 Å². The summed E-state index contributed by atoms with van der Waals surface area (Å²) in [5.74, 6) is 4.03. The van der Waals surface area contributed by atoms with Crippen LogP contribution in [0.3, 0.4) is 0 Å². The molecule has 6 heteroatoms. The number of hydrogen-bond acceptors (Lipinski definition) is 6. The molecule has 1 unspecified atom stereocenters. The minimum atomic E-state index is 0.414. The second kappa shape index (κ2) is 7.84. The van der Waals surface area contributed by atoms with E-state index in [9.17, 15) is 0 Å². The molecule has 2 N–H and O–H groups in total. The quantitative estimate of drug-likeness (QED) is 0.706. The molecule has 0 saturated heterocycles. The SMILES string of the molecule is CCNc1nc(NC(C)CCSCC)c2cc(C)sc2n1. The van der Waals surface area contributed by atoms with E-state index >= 15 is 0 Å². The molecular weight excluding hydrogens is 300 g/mol. The van der Waals surface area contributed by atoms with Crippen molar-refractivity contribution in [1.82, 2.24) is 9.97 Å². The zero-order chi connectivity index (χ0) is 15.2. The first-order valence-electron chi connectivity index (χ1n) is 7.50. The molecule has 2 aromatic heterocycles. The van der Waals surface area contributed by atoms with Gasteiger partial charge in [0.25, 0.3) is 0 Å². The second-order valence-electron chi connectivity index (χ2n) is 5.03. The molecule has 0 aliphatic carbocycles. The summed E-state index contributed by atoms with van der Waals surface area (Å²) in [5, 5.41) is 7.91. The van der Waals surface area contributed by atoms with Gasteiger partial charge in [-0.05, 0) is 44.8 Å². The minimum absolute atomic E-state index is 0.414. The number of thioether (sulfide) groups is 1. The maximum Gasteiger partial charge on any atom is 0.226 e. The van der Waals surface area contributed by atoms with Crippen molar-refractivity contribution in [2.24, 2.45) is 0 Å². The highest BCUT2D eigenvalue weighted by Gasteiger charge is 2.12. The topological polar surface area (TPSA) is 49.8 Å². The molecule has 2 rings (SSSR count). The molecule has 0 fully saturated rings. The van der Waals surface area contributed by atoms with Crippen LogP contribution >= 0.6 is 23.1 Å². The Morgan fingerprint density at radius 1 is 1.33 bits per heavy atom. The Hall–Kier alpha value is -1.01. The fraction of sp³-hybridized carbons (Fsp3) is 0.600. The molecule has 21 heavy (non-hydrogen) atoms. The summed E-state index contributed by atoms with van der Waals surface area (Å²) in [4.78, 5) is 11.5. The lowest BCUT2D eigenvalue weighted by atomic mass is 10.2. The van der Waals surface area contributed by atoms with E-state index in [1.165, 1.54) is 16.4 Å². The van der Waals surface area contributed by atoms with E-state index in [1.54, 1.807) is 11.3 Å². The van der Waals surface area contributed by atoms with Gasteiger partial charge in [0.1, 0.15) is 10.6 Å². The molecule has 2 heterocycles. The Morgan fingerprint density at radius 3 is 2.86 bits per heavy atom. The molecule has 0 saturated carbocycles. The summed E-state index contributed by atoms with van der Waals surface area (Å²) in [6.45, 7) is 9.43. The van der Waals surface area contributed by atoms with E-state index in [1.807, 2.05) is 11.8 Å². The van der Waals surface area contributed by atoms with Crippen LogP contribution in [0, 0.1) is 6.92 Å². The fourth-order valence-electron chi connectivity index (χ4n) is 2.10. The Kier molecular flexibility index (Phi) is 6.11. The van der Waals surface area contributed by atoms with Crippen LogP contribution < -0.4 is 10.6 Å². The van der Waals surface area contributed by atoms with Crippen LogP contribution in [0.15, 0.2) is 6.07 Å². The number of aromatic nitrogens is 2. The predicted octanol–water partition coefficient (Wildman–Crippen LogP) is 4.38. The summed E-state index contributed by atoms with van der Waals surface area (Å²) in [6.07, 6.45) is 1.14. The molecule has 0 aliphatic heterocycles. The van der Waals surface area contributed by atoms with Gasteiger partial charge in [-0.2, -0.15) is 16.7 Å². The smallest absolute Gasteiger partial charge is 0.226 e. The molecule has 0 radical (unpaired) electrons. The van der Waals surface area contributed by atoms with Crippen LogP contribution in [-0.2, 0) is 0 Å². The number of rotatable bonds is 8. The zero-order valence-electron chi connectivity index (χ0n) is 13.2. The molecule has 0 spiro atoms. The standard InChI is InChI=1S/C15H24N4S2/c1-5-16-15-18-13(17-10(3)7-8-20-6-2)12-9-11(4)21-14(12)19-15/h9-10H,5-8H2,1-4H3,(H2,16,17,18,19).